The molecule has 0 saturated carbocycles. The number of nitrogens with two attached hydrogens (primary N) is 1. The Morgan fingerprint density at radius 2 is 1.85 bits per heavy atom. The van der Waals surface area contributed by atoms with Gasteiger partial charge in [0, 0.05) is 25.0 Å². The van der Waals surface area contributed by atoms with E-state index in [0.29, 0.717) is 24.7 Å². The van der Waals surface area contributed by atoms with Crippen LogP contribution in [0.1, 0.15) is 31.5 Å². The number of aromatic nitrogens is 1. The second kappa shape index (κ2) is 15.2. The normalized spacial score (nSPS) is 20.8. The van der Waals surface area contributed by atoms with Crippen LogP contribution in [0.5, 0.6) is 5.75 Å². The van der Waals surface area contributed by atoms with Gasteiger partial charge in [0.05, 0.1) is 41.9 Å². The number of pyridine rings is 1. The molecule has 248 valence electrons. The number of carbonyl (C=O) groups excluding carboxylic acids is 1. The highest BCUT2D eigenvalue weighted by molar-refractivity contribution is 7.89. The number of benzene rings is 2. The van der Waals surface area contributed by atoms with Gasteiger partial charge in [-0.2, -0.15) is 4.31 Å². The molecule has 5 atom stereocenters. The van der Waals surface area contributed by atoms with Gasteiger partial charge in [0.1, 0.15) is 18.5 Å². The monoisotopic (exact) mass is 654 g/mol. The Labute approximate surface area is 269 Å². The first-order valence-electron chi connectivity index (χ1n) is 15.4. The van der Waals surface area contributed by atoms with Crippen molar-refractivity contribution in [3.63, 3.8) is 0 Å². The third-order valence-corrected chi connectivity index (χ3v) is 9.83. The summed E-state index contributed by atoms with van der Waals surface area (Å²) < 4.78 is 51.3. The van der Waals surface area contributed by atoms with Gasteiger partial charge >= 0.3 is 6.09 Å². The summed E-state index contributed by atoms with van der Waals surface area (Å²) >= 11 is 0. The number of rotatable bonds is 14. The molecule has 3 heterocycles. The zero-order valence-electron chi connectivity index (χ0n) is 26.0. The quantitative estimate of drug-likeness (QED) is 0.220. The summed E-state index contributed by atoms with van der Waals surface area (Å²) in [6.07, 6.45) is -0.255. The zero-order valence-corrected chi connectivity index (χ0v) is 26.8. The average Bonchev–Trinajstić information content (AvgIpc) is 3.66. The van der Waals surface area contributed by atoms with E-state index in [1.54, 1.807) is 18.3 Å². The molecule has 2 aromatic carbocycles. The van der Waals surface area contributed by atoms with E-state index in [1.165, 1.54) is 28.6 Å². The number of anilines is 1. The van der Waals surface area contributed by atoms with Crippen LogP contribution in [-0.2, 0) is 37.3 Å². The van der Waals surface area contributed by atoms with Crippen LogP contribution >= 0.6 is 0 Å². The lowest BCUT2D eigenvalue weighted by Crippen LogP contribution is -2.51. The molecule has 2 saturated heterocycles. The van der Waals surface area contributed by atoms with Crippen molar-refractivity contribution in [1.29, 1.82) is 0 Å². The molecule has 12 nitrogen and oxygen atoms in total. The van der Waals surface area contributed by atoms with Crippen molar-refractivity contribution in [2.75, 3.05) is 32.0 Å². The Kier molecular flexibility index (Phi) is 11.1. The molecule has 13 heteroatoms. The molecule has 46 heavy (non-hydrogen) atoms. The van der Waals surface area contributed by atoms with Crippen LogP contribution < -0.4 is 15.8 Å². The molecule has 3 aromatic rings. The largest absolute Gasteiger partial charge is 0.487 e. The van der Waals surface area contributed by atoms with Gasteiger partial charge in [0.2, 0.25) is 10.0 Å². The van der Waals surface area contributed by atoms with Gasteiger partial charge < -0.3 is 35.1 Å². The number of nitrogens with zero attached hydrogens (tertiary/aromatic N) is 2. The van der Waals surface area contributed by atoms with E-state index in [4.69, 9.17) is 24.7 Å². The minimum atomic E-state index is -3.98. The van der Waals surface area contributed by atoms with Crippen LogP contribution in [0, 0.1) is 11.8 Å². The van der Waals surface area contributed by atoms with Crippen molar-refractivity contribution in [2.45, 2.75) is 62.7 Å². The fraction of sp³-hybridized carbons (Fsp3) is 0.455. The number of nitrogens with one attached hydrogen (secondary N) is 1. The van der Waals surface area contributed by atoms with E-state index in [1.807, 2.05) is 44.2 Å². The van der Waals surface area contributed by atoms with Crippen molar-refractivity contribution >= 4 is 21.8 Å². The highest BCUT2D eigenvalue weighted by Gasteiger charge is 2.44. The molecule has 0 radical (unpaired) electrons. The summed E-state index contributed by atoms with van der Waals surface area (Å²) in [4.78, 5) is 17.5. The molecule has 1 amide bonds. The average molecular weight is 655 g/mol. The number of hydrogen-bond acceptors (Lipinski definition) is 10. The van der Waals surface area contributed by atoms with Crippen LogP contribution in [0.25, 0.3) is 0 Å². The minimum Gasteiger partial charge on any atom is -0.487 e. The Morgan fingerprint density at radius 1 is 1.09 bits per heavy atom. The summed E-state index contributed by atoms with van der Waals surface area (Å²) in [6.45, 7) is 4.75. The maximum absolute atomic E-state index is 13.7. The second-order valence-corrected chi connectivity index (χ2v) is 14.0. The van der Waals surface area contributed by atoms with Crippen molar-refractivity contribution in [3.05, 3.63) is 84.2 Å². The lowest BCUT2D eigenvalue weighted by Gasteiger charge is -2.31. The highest BCUT2D eigenvalue weighted by atomic mass is 32.2. The SMILES string of the molecule is CC(C)CN(C[C@@H](O)[C@H](Cc1ccc(OCc2ccccn2)cc1)NC(=O)O[C@@H]1CO[C@H]2OCC[C@H]21)S(=O)(=O)c1ccc(N)cc1. The first-order chi connectivity index (χ1) is 22.1. The van der Waals surface area contributed by atoms with Crippen molar-refractivity contribution in [1.82, 2.24) is 14.6 Å². The Hall–Kier alpha value is -3.75. The fourth-order valence-corrected chi connectivity index (χ4v) is 7.19. The van der Waals surface area contributed by atoms with E-state index in [2.05, 4.69) is 10.3 Å². The molecular weight excluding hydrogens is 612 g/mol. The van der Waals surface area contributed by atoms with Crippen LogP contribution in [0.3, 0.4) is 0 Å². The Bertz CT molecular complexity index is 1520. The summed E-state index contributed by atoms with van der Waals surface area (Å²) in [5.41, 5.74) is 7.80. The number of ether oxygens (including phenoxy) is 4. The molecule has 0 bridgehead atoms. The van der Waals surface area contributed by atoms with Gasteiger partial charge in [-0.3, -0.25) is 4.98 Å². The summed E-state index contributed by atoms with van der Waals surface area (Å²) in [5, 5.41) is 14.4. The molecule has 0 spiro atoms. The van der Waals surface area contributed by atoms with Crippen molar-refractivity contribution in [3.8, 4) is 5.75 Å². The summed E-state index contributed by atoms with van der Waals surface area (Å²) in [7, 11) is -3.98. The molecule has 0 unspecified atom stereocenters. The first kappa shape index (κ1) is 33.6. The molecule has 2 aliphatic rings. The van der Waals surface area contributed by atoms with Crippen LogP contribution in [0.15, 0.2) is 77.8 Å². The number of fused-ring (bicyclic) bond motifs is 1. The maximum atomic E-state index is 13.7. The molecular formula is C33H42N4O8S. The molecule has 4 N–H and O–H groups in total. The standard InChI is InChI=1S/C33H42N4O8S/c1-22(2)18-37(46(40,41)27-12-8-24(34)9-13-27)19-30(38)29(36-33(39)45-31-21-44-32-28(31)14-16-42-32)17-23-6-10-26(11-7-23)43-20-25-5-3-4-15-35-25/h3-13,15,22,28-32,38H,14,16-21,34H2,1-2H3,(H,36,39)/t28-,29-,30+,31+,32+/m0/s1. The molecule has 2 fully saturated rings. The number of carbonyl (C=O) groups is 1. The smallest absolute Gasteiger partial charge is 0.407 e. The molecule has 1 aromatic heterocycles. The van der Waals surface area contributed by atoms with Crippen molar-refractivity contribution in [2.24, 2.45) is 11.8 Å². The Balaban J connectivity index is 1.31. The van der Waals surface area contributed by atoms with E-state index in [9.17, 15) is 18.3 Å². The third-order valence-electron chi connectivity index (χ3n) is 7.98. The van der Waals surface area contributed by atoms with Gasteiger partial charge in [-0.25, -0.2) is 13.2 Å². The van der Waals surface area contributed by atoms with Crippen molar-refractivity contribution < 1.29 is 37.3 Å². The van der Waals surface area contributed by atoms with E-state index < -0.39 is 34.4 Å². The molecule has 2 aliphatic heterocycles. The van der Waals surface area contributed by atoms with E-state index in [0.717, 1.165) is 17.7 Å². The number of sulfonamides is 1. The van der Waals surface area contributed by atoms with Crippen LogP contribution in [-0.4, -0.2) is 79.7 Å². The number of alkyl carbamates (subject to hydrolysis) is 1. The summed E-state index contributed by atoms with van der Waals surface area (Å²) in [6, 6.07) is 17.9. The van der Waals surface area contributed by atoms with Gasteiger partial charge in [0.25, 0.3) is 0 Å². The zero-order chi connectivity index (χ0) is 32.7. The maximum Gasteiger partial charge on any atom is 0.407 e. The predicted octanol–water partition coefficient (Wildman–Crippen LogP) is 3.35. The van der Waals surface area contributed by atoms with Gasteiger partial charge in [0.15, 0.2) is 6.29 Å². The summed E-state index contributed by atoms with van der Waals surface area (Å²) in [5.74, 6) is 0.542. The number of hydrogen-bond donors (Lipinski definition) is 3. The van der Waals surface area contributed by atoms with Crippen LogP contribution in [0.2, 0.25) is 0 Å². The first-order valence-corrected chi connectivity index (χ1v) is 16.9. The van der Waals surface area contributed by atoms with Crippen LogP contribution in [0.4, 0.5) is 10.5 Å². The van der Waals surface area contributed by atoms with E-state index in [-0.39, 0.29) is 49.1 Å². The topological polar surface area (TPSA) is 163 Å². The van der Waals surface area contributed by atoms with Gasteiger partial charge in [-0.05, 0) is 72.9 Å². The van der Waals surface area contributed by atoms with Gasteiger partial charge in [-0.1, -0.05) is 32.0 Å². The lowest BCUT2D eigenvalue weighted by molar-refractivity contribution is -0.0907. The van der Waals surface area contributed by atoms with E-state index >= 15 is 0 Å². The number of amides is 1. The molecule has 0 aliphatic carbocycles. The minimum absolute atomic E-state index is 0.0327. The third kappa shape index (κ3) is 8.74. The van der Waals surface area contributed by atoms with Gasteiger partial charge in [-0.15, -0.1) is 0 Å². The Morgan fingerprint density at radius 3 is 2.54 bits per heavy atom. The predicted molar refractivity (Wildman–Crippen MR) is 170 cm³/mol. The highest BCUT2D eigenvalue weighted by Crippen LogP contribution is 2.33. The second-order valence-electron chi connectivity index (χ2n) is 12.0. The number of aliphatic hydroxyl groups is 1. The lowest BCUT2D eigenvalue weighted by atomic mass is 10.0. The number of aliphatic hydroxyl groups excluding tert-OH is 1. The fourth-order valence-electron chi connectivity index (χ4n) is 5.57. The molecule has 5 rings (SSSR count). The number of nitrogen functional groups attached to an aromatic ring is 1.